The lowest BCUT2D eigenvalue weighted by Gasteiger charge is -2.12. The SMILES string of the molecule is COc1cc(/C=C/C(=O)c2ccc(-c3ccc(C(=O)[O-])o3)cc2)cc(OC)c1OC. The van der Waals surface area contributed by atoms with Crippen LogP contribution in [0.5, 0.6) is 17.2 Å². The van der Waals surface area contributed by atoms with E-state index in [1.807, 2.05) is 0 Å². The molecule has 0 fully saturated rings. The number of carbonyl (C=O) groups excluding carboxylic acids is 2. The molecule has 7 nitrogen and oxygen atoms in total. The Morgan fingerprint density at radius 1 is 0.900 bits per heavy atom. The van der Waals surface area contributed by atoms with E-state index in [-0.39, 0.29) is 11.5 Å². The van der Waals surface area contributed by atoms with Crippen molar-refractivity contribution < 1.29 is 33.3 Å². The van der Waals surface area contributed by atoms with Gasteiger partial charge in [0.05, 0.1) is 21.3 Å². The Bertz CT molecular complexity index is 1070. The van der Waals surface area contributed by atoms with Crippen LogP contribution in [0.15, 0.2) is 59.0 Å². The Balaban J connectivity index is 1.78. The summed E-state index contributed by atoms with van der Waals surface area (Å²) in [5.74, 6) is -0.0149. The molecular formula is C23H19O7-. The molecule has 0 amide bonds. The number of hydrogen-bond donors (Lipinski definition) is 0. The van der Waals surface area contributed by atoms with Crippen LogP contribution in [0.4, 0.5) is 0 Å². The number of hydrogen-bond acceptors (Lipinski definition) is 7. The number of furan rings is 1. The number of carboxylic acid groups (broad SMARTS) is 1. The summed E-state index contributed by atoms with van der Waals surface area (Å²) in [4.78, 5) is 23.3. The molecule has 0 aliphatic heterocycles. The highest BCUT2D eigenvalue weighted by Gasteiger charge is 2.12. The standard InChI is InChI=1S/C23H20O7/c1-27-20-12-14(13-21(28-2)22(20)29-3)4-9-17(24)15-5-7-16(8-6-15)18-10-11-19(30-18)23(25)26/h4-13H,1-3H3,(H,25,26)/p-1/b9-4+. The minimum absolute atomic E-state index is 0.204. The summed E-state index contributed by atoms with van der Waals surface area (Å²) >= 11 is 0. The zero-order valence-electron chi connectivity index (χ0n) is 16.6. The van der Waals surface area contributed by atoms with E-state index < -0.39 is 5.97 Å². The van der Waals surface area contributed by atoms with Crippen LogP contribution in [-0.4, -0.2) is 33.1 Å². The molecule has 0 N–H and O–H groups in total. The van der Waals surface area contributed by atoms with Crippen molar-refractivity contribution in [1.82, 2.24) is 0 Å². The van der Waals surface area contributed by atoms with Gasteiger partial charge in [-0.3, -0.25) is 4.79 Å². The predicted octanol–water partition coefficient (Wildman–Crippen LogP) is 3.23. The summed E-state index contributed by atoms with van der Waals surface area (Å²) in [7, 11) is 4.56. The second-order valence-corrected chi connectivity index (χ2v) is 6.18. The number of aromatic carboxylic acids is 1. The van der Waals surface area contributed by atoms with Gasteiger partial charge in [-0.1, -0.05) is 30.3 Å². The van der Waals surface area contributed by atoms with E-state index in [2.05, 4.69) is 0 Å². The lowest BCUT2D eigenvalue weighted by molar-refractivity contribution is -0.257. The van der Waals surface area contributed by atoms with Crippen molar-refractivity contribution in [2.24, 2.45) is 0 Å². The highest BCUT2D eigenvalue weighted by molar-refractivity contribution is 6.07. The highest BCUT2D eigenvalue weighted by Crippen LogP contribution is 2.38. The van der Waals surface area contributed by atoms with Crippen LogP contribution in [0.3, 0.4) is 0 Å². The summed E-state index contributed by atoms with van der Waals surface area (Å²) < 4.78 is 21.1. The molecule has 7 heteroatoms. The average molecular weight is 407 g/mol. The Labute approximate surface area is 173 Å². The van der Waals surface area contributed by atoms with Crippen LogP contribution in [-0.2, 0) is 0 Å². The van der Waals surface area contributed by atoms with Gasteiger partial charge in [0.2, 0.25) is 5.75 Å². The molecule has 3 rings (SSSR count). The first-order valence-electron chi connectivity index (χ1n) is 8.91. The Kier molecular flexibility index (Phi) is 6.22. The number of benzene rings is 2. The van der Waals surface area contributed by atoms with Crippen molar-refractivity contribution >= 4 is 17.8 Å². The van der Waals surface area contributed by atoms with Gasteiger partial charge in [0, 0.05) is 11.1 Å². The largest absolute Gasteiger partial charge is 0.542 e. The Hall–Kier alpha value is -4.00. The third-order valence-electron chi connectivity index (χ3n) is 4.38. The fraction of sp³-hybridized carbons (Fsp3) is 0.130. The van der Waals surface area contributed by atoms with Gasteiger partial charge in [-0.05, 0) is 35.9 Å². The van der Waals surface area contributed by atoms with E-state index in [9.17, 15) is 14.7 Å². The molecule has 30 heavy (non-hydrogen) atoms. The maximum atomic E-state index is 12.5. The molecule has 0 bridgehead atoms. The van der Waals surface area contributed by atoms with Gasteiger partial charge in [-0.15, -0.1) is 0 Å². The zero-order chi connectivity index (χ0) is 21.7. The molecule has 2 aromatic carbocycles. The van der Waals surface area contributed by atoms with Gasteiger partial charge >= 0.3 is 0 Å². The van der Waals surface area contributed by atoms with E-state index in [1.165, 1.54) is 39.5 Å². The molecule has 0 aliphatic rings. The zero-order valence-corrected chi connectivity index (χ0v) is 16.6. The number of methoxy groups -OCH3 is 3. The number of ether oxygens (including phenoxy) is 3. The molecular weight excluding hydrogens is 388 g/mol. The highest BCUT2D eigenvalue weighted by atomic mass is 16.5. The molecule has 3 aromatic rings. The Morgan fingerprint density at radius 2 is 1.53 bits per heavy atom. The minimum atomic E-state index is -1.38. The van der Waals surface area contributed by atoms with E-state index in [1.54, 1.807) is 42.5 Å². The van der Waals surface area contributed by atoms with Gasteiger partial charge in [-0.25, -0.2) is 0 Å². The van der Waals surface area contributed by atoms with Gasteiger partial charge < -0.3 is 28.5 Å². The number of carbonyl (C=O) groups is 2. The molecule has 0 saturated carbocycles. The molecule has 0 saturated heterocycles. The molecule has 0 aliphatic carbocycles. The number of rotatable bonds is 8. The van der Waals surface area contributed by atoms with Crippen molar-refractivity contribution in [2.75, 3.05) is 21.3 Å². The van der Waals surface area contributed by atoms with Crippen molar-refractivity contribution in [1.29, 1.82) is 0 Å². The smallest absolute Gasteiger partial charge is 0.203 e. The van der Waals surface area contributed by atoms with Crippen LogP contribution < -0.4 is 19.3 Å². The summed E-state index contributed by atoms with van der Waals surface area (Å²) in [6.07, 6.45) is 3.09. The monoisotopic (exact) mass is 407 g/mol. The lowest BCUT2D eigenvalue weighted by atomic mass is 10.1. The van der Waals surface area contributed by atoms with E-state index in [0.717, 1.165) is 0 Å². The quantitative estimate of drug-likeness (QED) is 0.418. The third kappa shape index (κ3) is 4.35. The van der Waals surface area contributed by atoms with Crippen molar-refractivity contribution in [3.05, 3.63) is 71.5 Å². The summed E-state index contributed by atoms with van der Waals surface area (Å²) in [5, 5.41) is 10.8. The van der Waals surface area contributed by atoms with Gasteiger partial charge in [0.25, 0.3) is 0 Å². The van der Waals surface area contributed by atoms with Crippen molar-refractivity contribution in [2.45, 2.75) is 0 Å². The second kappa shape index (κ2) is 9.00. The van der Waals surface area contributed by atoms with Crippen LogP contribution in [0.25, 0.3) is 17.4 Å². The van der Waals surface area contributed by atoms with Gasteiger partial charge in [-0.2, -0.15) is 0 Å². The molecule has 0 radical (unpaired) electrons. The second-order valence-electron chi connectivity index (χ2n) is 6.18. The van der Waals surface area contributed by atoms with Gasteiger partial charge in [0.1, 0.15) is 17.5 Å². The topological polar surface area (TPSA) is 98.0 Å². The van der Waals surface area contributed by atoms with Crippen LogP contribution in [0.1, 0.15) is 26.5 Å². The van der Waals surface area contributed by atoms with Crippen LogP contribution in [0.2, 0.25) is 0 Å². The maximum Gasteiger partial charge on any atom is 0.203 e. The summed E-state index contributed by atoms with van der Waals surface area (Å²) in [6.45, 7) is 0. The number of ketones is 1. The number of carboxylic acids is 1. The molecule has 1 heterocycles. The molecule has 0 unspecified atom stereocenters. The fourth-order valence-corrected chi connectivity index (χ4v) is 2.87. The van der Waals surface area contributed by atoms with Crippen LogP contribution >= 0.6 is 0 Å². The first-order chi connectivity index (χ1) is 14.5. The predicted molar refractivity (Wildman–Crippen MR) is 108 cm³/mol. The normalized spacial score (nSPS) is 10.8. The molecule has 0 spiro atoms. The van der Waals surface area contributed by atoms with E-state index >= 15 is 0 Å². The van der Waals surface area contributed by atoms with E-state index in [4.69, 9.17) is 18.6 Å². The molecule has 154 valence electrons. The van der Waals surface area contributed by atoms with Crippen molar-refractivity contribution in [3.63, 3.8) is 0 Å². The average Bonchev–Trinajstić information content (AvgIpc) is 3.27. The molecule has 1 aromatic heterocycles. The van der Waals surface area contributed by atoms with Crippen molar-refractivity contribution in [3.8, 4) is 28.6 Å². The first kappa shape index (κ1) is 20.7. The fourth-order valence-electron chi connectivity index (χ4n) is 2.87. The number of allylic oxidation sites excluding steroid dienone is 1. The Morgan fingerprint density at radius 3 is 2.03 bits per heavy atom. The lowest BCUT2D eigenvalue weighted by Crippen LogP contribution is -2.21. The minimum Gasteiger partial charge on any atom is -0.542 e. The van der Waals surface area contributed by atoms with Crippen LogP contribution in [0, 0.1) is 0 Å². The summed E-state index contributed by atoms with van der Waals surface area (Å²) in [5.41, 5.74) is 1.82. The molecule has 0 atom stereocenters. The van der Waals surface area contributed by atoms with E-state index in [0.29, 0.717) is 39.7 Å². The third-order valence-corrected chi connectivity index (χ3v) is 4.38. The van der Waals surface area contributed by atoms with Gasteiger partial charge in [0.15, 0.2) is 17.3 Å². The summed E-state index contributed by atoms with van der Waals surface area (Å²) in [6, 6.07) is 13.0. The first-order valence-corrected chi connectivity index (χ1v) is 8.91. The maximum absolute atomic E-state index is 12.5.